The van der Waals surface area contributed by atoms with Crippen LogP contribution in [0.4, 0.5) is 4.39 Å². The first-order valence-corrected chi connectivity index (χ1v) is 3.36. The van der Waals surface area contributed by atoms with Gasteiger partial charge in [0.25, 0.3) is 0 Å². The first-order valence-electron chi connectivity index (χ1n) is 2.36. The third kappa shape index (κ3) is 2.35. The van der Waals surface area contributed by atoms with Crippen LogP contribution >= 0.6 is 0 Å². The Morgan fingerprint density at radius 2 is 2.44 bits per heavy atom. The average molecular weight is 154 g/mol. The topological polar surface area (TPSA) is 61.4 Å². The van der Waals surface area contributed by atoms with Crippen LogP contribution < -0.4 is 5.48 Å². The lowest BCUT2D eigenvalue weighted by Gasteiger charge is -2.03. The van der Waals surface area contributed by atoms with Crippen molar-refractivity contribution in [3.8, 4) is 0 Å². The lowest BCUT2D eigenvalue weighted by Crippen LogP contribution is -2.20. The molecule has 1 aliphatic rings. The van der Waals surface area contributed by atoms with E-state index in [0.717, 1.165) is 0 Å². The summed E-state index contributed by atoms with van der Waals surface area (Å²) in [4.78, 5) is 0. The molecule has 9 heavy (non-hydrogen) atoms. The van der Waals surface area contributed by atoms with Crippen molar-refractivity contribution in [2.24, 2.45) is 0 Å². The molecule has 0 aliphatic heterocycles. The average Bonchev–Trinajstić information content (AvgIpc) is 2.42. The standard InChI is InChI=1S/C3H6FNO3S/c4-2-1-3(2)5-8-9(6)7/h2-3,5H,1H2,(H,6,7)/p-1. The molecule has 0 heterocycles. The second-order valence-corrected chi connectivity index (χ2v) is 2.34. The number of hydrogen-bond acceptors (Lipinski definition) is 4. The van der Waals surface area contributed by atoms with E-state index in [1.165, 1.54) is 0 Å². The van der Waals surface area contributed by atoms with E-state index < -0.39 is 23.6 Å². The van der Waals surface area contributed by atoms with Crippen molar-refractivity contribution in [3.05, 3.63) is 0 Å². The van der Waals surface area contributed by atoms with Gasteiger partial charge in [-0.3, -0.25) is 0 Å². The minimum absolute atomic E-state index is 0.331. The van der Waals surface area contributed by atoms with Gasteiger partial charge in [0.05, 0.1) is 6.04 Å². The molecule has 6 heteroatoms. The third-order valence-corrected chi connectivity index (χ3v) is 1.21. The van der Waals surface area contributed by atoms with Crippen molar-refractivity contribution in [2.75, 3.05) is 0 Å². The summed E-state index contributed by atoms with van der Waals surface area (Å²) >= 11 is -2.59. The fraction of sp³-hybridized carbons (Fsp3) is 1.00. The van der Waals surface area contributed by atoms with Gasteiger partial charge >= 0.3 is 0 Å². The molecule has 1 fully saturated rings. The number of hydrogen-bond donors (Lipinski definition) is 1. The third-order valence-electron chi connectivity index (χ3n) is 0.980. The van der Waals surface area contributed by atoms with Crippen molar-refractivity contribution in [1.29, 1.82) is 0 Å². The Morgan fingerprint density at radius 3 is 2.78 bits per heavy atom. The molecule has 1 rings (SSSR count). The van der Waals surface area contributed by atoms with Crippen LogP contribution in [0.25, 0.3) is 0 Å². The monoisotopic (exact) mass is 154 g/mol. The molecule has 1 N–H and O–H groups in total. The van der Waals surface area contributed by atoms with Crippen LogP contribution in [0.15, 0.2) is 0 Å². The molecule has 0 aromatic heterocycles. The maximum Gasteiger partial charge on any atom is 0.119 e. The van der Waals surface area contributed by atoms with Gasteiger partial charge in [-0.05, 0) is 0 Å². The van der Waals surface area contributed by atoms with Crippen molar-refractivity contribution in [3.63, 3.8) is 0 Å². The highest BCUT2D eigenvalue weighted by atomic mass is 32.2. The normalized spacial score (nSPS) is 36.2. The molecule has 54 valence electrons. The van der Waals surface area contributed by atoms with Crippen molar-refractivity contribution in [2.45, 2.75) is 18.6 Å². The van der Waals surface area contributed by atoms with Crippen LogP contribution in [0.3, 0.4) is 0 Å². The lowest BCUT2D eigenvalue weighted by molar-refractivity contribution is 0.179. The molecular weight excluding hydrogens is 149 g/mol. The molecule has 1 saturated carbocycles. The van der Waals surface area contributed by atoms with Gasteiger partial charge in [-0.15, -0.1) is 0 Å². The fourth-order valence-corrected chi connectivity index (χ4v) is 0.589. The summed E-state index contributed by atoms with van der Waals surface area (Å²) < 4.78 is 35.0. The molecule has 3 unspecified atom stereocenters. The second kappa shape index (κ2) is 2.70. The second-order valence-electron chi connectivity index (χ2n) is 1.76. The summed E-state index contributed by atoms with van der Waals surface area (Å²) in [6, 6.07) is -0.428. The zero-order valence-electron chi connectivity index (χ0n) is 4.37. The number of hydroxylamine groups is 1. The molecule has 4 nitrogen and oxygen atoms in total. The predicted octanol–water partition coefficient (Wildman–Crippen LogP) is -0.588. The van der Waals surface area contributed by atoms with Crippen LogP contribution in [0.5, 0.6) is 0 Å². The van der Waals surface area contributed by atoms with Crippen LogP contribution in [0.2, 0.25) is 0 Å². The van der Waals surface area contributed by atoms with Crippen molar-refractivity contribution in [1.82, 2.24) is 5.48 Å². The van der Waals surface area contributed by atoms with E-state index in [2.05, 4.69) is 4.28 Å². The SMILES string of the molecule is O=S([O-])ONC1CC1F. The molecule has 0 aromatic rings. The Balaban J connectivity index is 2.00. The van der Waals surface area contributed by atoms with Gasteiger partial charge in [0.1, 0.15) is 17.5 Å². The van der Waals surface area contributed by atoms with Gasteiger partial charge in [0.15, 0.2) is 0 Å². The van der Waals surface area contributed by atoms with Gasteiger partial charge in [-0.25, -0.2) is 12.9 Å². The highest BCUT2D eigenvalue weighted by Gasteiger charge is 2.37. The Morgan fingerprint density at radius 1 is 1.89 bits per heavy atom. The van der Waals surface area contributed by atoms with Crippen LogP contribution in [0, 0.1) is 0 Å². The summed E-state index contributed by atoms with van der Waals surface area (Å²) in [6.45, 7) is 0. The maximum absolute atomic E-state index is 11.9. The van der Waals surface area contributed by atoms with Crippen LogP contribution in [-0.2, 0) is 15.6 Å². The first kappa shape index (κ1) is 7.07. The molecule has 0 spiro atoms. The zero-order chi connectivity index (χ0) is 6.85. The molecule has 0 amide bonds. The Hall–Kier alpha value is -0.0400. The van der Waals surface area contributed by atoms with E-state index in [1.54, 1.807) is 0 Å². The van der Waals surface area contributed by atoms with E-state index in [-0.39, 0.29) is 0 Å². The highest BCUT2D eigenvalue weighted by Crippen LogP contribution is 2.24. The number of alkyl halides is 1. The van der Waals surface area contributed by atoms with Gasteiger partial charge in [-0.1, -0.05) is 0 Å². The highest BCUT2D eigenvalue weighted by molar-refractivity contribution is 7.74. The van der Waals surface area contributed by atoms with E-state index in [4.69, 9.17) is 0 Å². The quantitative estimate of drug-likeness (QED) is 0.436. The first-order chi connectivity index (χ1) is 4.20. The summed E-state index contributed by atoms with van der Waals surface area (Å²) in [5.41, 5.74) is 2.02. The molecule has 0 bridgehead atoms. The molecule has 0 aromatic carbocycles. The molecule has 3 atom stereocenters. The summed E-state index contributed by atoms with van der Waals surface area (Å²) in [5, 5.41) is 0. The van der Waals surface area contributed by atoms with Gasteiger partial charge in [-0.2, -0.15) is 5.48 Å². The molecule has 1 aliphatic carbocycles. The zero-order valence-corrected chi connectivity index (χ0v) is 5.19. The molecular formula is C3H5FNO3S-. The van der Waals surface area contributed by atoms with Gasteiger partial charge < -0.3 is 4.55 Å². The van der Waals surface area contributed by atoms with Crippen LogP contribution in [-0.4, -0.2) is 21.0 Å². The Bertz CT molecular complexity index is 132. The lowest BCUT2D eigenvalue weighted by atomic mass is 10.8. The Labute approximate surface area is 53.8 Å². The van der Waals surface area contributed by atoms with E-state index in [1.807, 2.05) is 5.48 Å². The Kier molecular flexibility index (Phi) is 2.12. The fourth-order valence-electron chi connectivity index (χ4n) is 0.387. The van der Waals surface area contributed by atoms with Crippen LogP contribution in [0.1, 0.15) is 6.42 Å². The van der Waals surface area contributed by atoms with Crippen molar-refractivity contribution < 1.29 is 17.4 Å². The van der Waals surface area contributed by atoms with Gasteiger partial charge in [0, 0.05) is 6.42 Å². The minimum atomic E-state index is -2.59. The summed E-state index contributed by atoms with van der Waals surface area (Å²) in [5.74, 6) is 0. The number of halogens is 1. The molecule has 0 saturated heterocycles. The smallest absolute Gasteiger partial charge is 0.119 e. The van der Waals surface area contributed by atoms with Gasteiger partial charge in [0.2, 0.25) is 0 Å². The van der Waals surface area contributed by atoms with E-state index in [0.29, 0.717) is 6.42 Å². The molecule has 0 radical (unpaired) electrons. The predicted molar refractivity (Wildman–Crippen MR) is 26.4 cm³/mol. The largest absolute Gasteiger partial charge is 0.748 e. The van der Waals surface area contributed by atoms with E-state index >= 15 is 0 Å². The maximum atomic E-state index is 11.9. The number of rotatable bonds is 3. The summed E-state index contributed by atoms with van der Waals surface area (Å²) in [6.07, 6.45) is -0.620. The number of nitrogens with one attached hydrogen (secondary N) is 1. The minimum Gasteiger partial charge on any atom is -0.748 e. The summed E-state index contributed by atoms with van der Waals surface area (Å²) in [7, 11) is 0. The van der Waals surface area contributed by atoms with Crippen molar-refractivity contribution >= 4 is 11.4 Å². The van der Waals surface area contributed by atoms with E-state index in [9.17, 15) is 13.2 Å².